The lowest BCUT2D eigenvalue weighted by Crippen LogP contribution is -2.04. The van der Waals surface area contributed by atoms with E-state index in [1.807, 2.05) is 11.8 Å². The zero-order valence-corrected chi connectivity index (χ0v) is 11.6. The summed E-state index contributed by atoms with van der Waals surface area (Å²) < 4.78 is 0. The van der Waals surface area contributed by atoms with Gasteiger partial charge in [-0.3, -0.25) is 10.1 Å². The molecule has 18 heavy (non-hydrogen) atoms. The molecule has 0 radical (unpaired) electrons. The molecule has 1 aromatic rings. The van der Waals surface area contributed by atoms with Gasteiger partial charge in [0.2, 0.25) is 0 Å². The van der Waals surface area contributed by atoms with E-state index in [4.69, 9.17) is 0 Å². The number of anilines is 1. The highest BCUT2D eigenvalue weighted by molar-refractivity contribution is 7.98. The van der Waals surface area contributed by atoms with Crippen molar-refractivity contribution in [2.24, 2.45) is 0 Å². The summed E-state index contributed by atoms with van der Waals surface area (Å²) >= 11 is 1.86. The van der Waals surface area contributed by atoms with Gasteiger partial charge in [0, 0.05) is 18.3 Å². The van der Waals surface area contributed by atoms with Gasteiger partial charge >= 0.3 is 0 Å². The molecule has 6 heteroatoms. The number of aromatic nitrogens is 1. The minimum absolute atomic E-state index is 0.120. The molecular weight excluding hydrogens is 250 g/mol. The number of nitrogens with one attached hydrogen (secondary N) is 1. The summed E-state index contributed by atoms with van der Waals surface area (Å²) in [6.45, 7) is 2.50. The molecule has 0 fully saturated rings. The van der Waals surface area contributed by atoms with Gasteiger partial charge in [0.1, 0.15) is 5.82 Å². The van der Waals surface area contributed by atoms with Crippen LogP contribution in [0.2, 0.25) is 0 Å². The average molecular weight is 269 g/mol. The summed E-state index contributed by atoms with van der Waals surface area (Å²) in [5, 5.41) is 13.9. The fourth-order valence-corrected chi connectivity index (χ4v) is 2.06. The average Bonchev–Trinajstić information content (AvgIpc) is 2.35. The third-order valence-electron chi connectivity index (χ3n) is 2.60. The van der Waals surface area contributed by atoms with Crippen LogP contribution in [0.1, 0.15) is 24.8 Å². The number of nitro groups is 1. The zero-order chi connectivity index (χ0) is 13.4. The molecule has 1 heterocycles. The second-order valence-electron chi connectivity index (χ2n) is 4.09. The smallest absolute Gasteiger partial charge is 0.277 e. The fourth-order valence-electron chi connectivity index (χ4n) is 1.57. The van der Waals surface area contributed by atoms with Crippen LogP contribution in [0.15, 0.2) is 12.3 Å². The Hall–Kier alpha value is -1.30. The SMILES string of the molecule is CSCCCCCNc1cc([N+](=O)[O-])c(C)cn1. The van der Waals surface area contributed by atoms with Crippen LogP contribution in [0.4, 0.5) is 11.5 Å². The predicted octanol–water partition coefficient (Wildman–Crippen LogP) is 3.24. The standard InChI is InChI=1S/C12H19N3O2S/c1-10-9-14-12(8-11(10)15(16)17)13-6-4-3-5-7-18-2/h8-9H,3-7H2,1-2H3,(H,13,14). The van der Waals surface area contributed by atoms with Gasteiger partial charge in [-0.05, 0) is 31.8 Å². The van der Waals surface area contributed by atoms with Crippen LogP contribution in [-0.4, -0.2) is 28.5 Å². The number of nitrogens with zero attached hydrogens (tertiary/aromatic N) is 2. The molecule has 1 N–H and O–H groups in total. The molecule has 0 aliphatic carbocycles. The van der Waals surface area contributed by atoms with Gasteiger partial charge in [-0.15, -0.1) is 0 Å². The first-order valence-electron chi connectivity index (χ1n) is 5.99. The molecule has 0 saturated carbocycles. The van der Waals surface area contributed by atoms with Gasteiger partial charge in [-0.1, -0.05) is 6.42 Å². The van der Waals surface area contributed by atoms with Gasteiger partial charge in [0.05, 0.1) is 11.0 Å². The maximum atomic E-state index is 10.8. The number of thioether (sulfide) groups is 1. The Kier molecular flexibility index (Phi) is 6.49. The fraction of sp³-hybridized carbons (Fsp3) is 0.583. The van der Waals surface area contributed by atoms with Crippen LogP contribution in [0.3, 0.4) is 0 Å². The molecule has 100 valence electrons. The number of hydrogen-bond donors (Lipinski definition) is 1. The molecule has 0 bridgehead atoms. The van der Waals surface area contributed by atoms with Crippen molar-refractivity contribution in [2.45, 2.75) is 26.2 Å². The van der Waals surface area contributed by atoms with Crippen LogP contribution in [0.25, 0.3) is 0 Å². The summed E-state index contributed by atoms with van der Waals surface area (Å²) in [4.78, 5) is 14.5. The van der Waals surface area contributed by atoms with Crippen molar-refractivity contribution in [3.8, 4) is 0 Å². The highest BCUT2D eigenvalue weighted by Crippen LogP contribution is 2.19. The molecule has 0 spiro atoms. The Labute approximate surface area is 112 Å². The van der Waals surface area contributed by atoms with Gasteiger partial charge in [-0.2, -0.15) is 11.8 Å². The Balaban J connectivity index is 2.38. The summed E-state index contributed by atoms with van der Waals surface area (Å²) in [6.07, 6.45) is 7.08. The van der Waals surface area contributed by atoms with Crippen LogP contribution in [-0.2, 0) is 0 Å². The van der Waals surface area contributed by atoms with Crippen molar-refractivity contribution in [3.63, 3.8) is 0 Å². The second-order valence-corrected chi connectivity index (χ2v) is 5.08. The van der Waals surface area contributed by atoms with E-state index in [9.17, 15) is 10.1 Å². The molecule has 0 atom stereocenters. The van der Waals surface area contributed by atoms with Crippen molar-refractivity contribution >= 4 is 23.3 Å². The Morgan fingerprint density at radius 2 is 2.22 bits per heavy atom. The van der Waals surface area contributed by atoms with Crippen molar-refractivity contribution in [1.82, 2.24) is 4.98 Å². The number of pyridine rings is 1. The highest BCUT2D eigenvalue weighted by atomic mass is 32.2. The van der Waals surface area contributed by atoms with Gasteiger partial charge < -0.3 is 5.32 Å². The molecule has 0 aliphatic rings. The predicted molar refractivity (Wildman–Crippen MR) is 76.4 cm³/mol. The van der Waals surface area contributed by atoms with Crippen LogP contribution in [0.5, 0.6) is 0 Å². The van der Waals surface area contributed by atoms with E-state index in [0.717, 1.165) is 13.0 Å². The summed E-state index contributed by atoms with van der Waals surface area (Å²) in [5.41, 5.74) is 0.709. The monoisotopic (exact) mass is 269 g/mol. The van der Waals surface area contributed by atoms with Crippen molar-refractivity contribution in [1.29, 1.82) is 0 Å². The molecule has 0 saturated heterocycles. The van der Waals surface area contributed by atoms with Gasteiger partial charge in [-0.25, -0.2) is 4.98 Å². The molecule has 0 unspecified atom stereocenters. The summed E-state index contributed by atoms with van der Waals surface area (Å²) in [7, 11) is 0. The number of aryl methyl sites for hydroxylation is 1. The Morgan fingerprint density at radius 3 is 2.89 bits per heavy atom. The van der Waals surface area contributed by atoms with Gasteiger partial charge in [0.25, 0.3) is 5.69 Å². The van der Waals surface area contributed by atoms with E-state index in [1.165, 1.54) is 30.9 Å². The summed E-state index contributed by atoms with van der Waals surface area (Å²) in [6, 6.07) is 1.50. The van der Waals surface area contributed by atoms with E-state index in [1.54, 1.807) is 6.92 Å². The summed E-state index contributed by atoms with van der Waals surface area (Å²) in [5.74, 6) is 1.77. The Bertz CT molecular complexity index is 399. The second kappa shape index (κ2) is 7.92. The lowest BCUT2D eigenvalue weighted by Gasteiger charge is -2.06. The molecule has 1 aromatic heterocycles. The lowest BCUT2D eigenvalue weighted by atomic mass is 10.2. The van der Waals surface area contributed by atoms with Crippen LogP contribution in [0, 0.1) is 17.0 Å². The third-order valence-corrected chi connectivity index (χ3v) is 3.30. The first-order valence-corrected chi connectivity index (χ1v) is 7.38. The van der Waals surface area contributed by atoms with E-state index < -0.39 is 0 Å². The first-order chi connectivity index (χ1) is 8.65. The molecule has 0 amide bonds. The maximum absolute atomic E-state index is 10.8. The molecular formula is C12H19N3O2S. The molecule has 0 aromatic carbocycles. The molecule has 1 rings (SSSR count). The number of unbranched alkanes of at least 4 members (excludes halogenated alkanes) is 2. The normalized spacial score (nSPS) is 10.3. The minimum atomic E-state index is -0.374. The number of hydrogen-bond acceptors (Lipinski definition) is 5. The highest BCUT2D eigenvalue weighted by Gasteiger charge is 2.11. The van der Waals surface area contributed by atoms with E-state index in [-0.39, 0.29) is 10.6 Å². The van der Waals surface area contributed by atoms with Crippen LogP contribution >= 0.6 is 11.8 Å². The maximum Gasteiger partial charge on any atom is 0.277 e. The topological polar surface area (TPSA) is 68.1 Å². The Morgan fingerprint density at radius 1 is 1.44 bits per heavy atom. The van der Waals surface area contributed by atoms with E-state index in [0.29, 0.717) is 11.4 Å². The first kappa shape index (κ1) is 14.8. The minimum Gasteiger partial charge on any atom is -0.370 e. The molecule has 0 aliphatic heterocycles. The quantitative estimate of drug-likeness (QED) is 0.446. The zero-order valence-electron chi connectivity index (χ0n) is 10.8. The van der Waals surface area contributed by atoms with Crippen molar-refractivity contribution in [2.75, 3.05) is 23.9 Å². The molecule has 5 nitrogen and oxygen atoms in total. The van der Waals surface area contributed by atoms with Crippen molar-refractivity contribution in [3.05, 3.63) is 27.9 Å². The number of rotatable bonds is 8. The van der Waals surface area contributed by atoms with Crippen LogP contribution < -0.4 is 5.32 Å². The largest absolute Gasteiger partial charge is 0.370 e. The van der Waals surface area contributed by atoms with E-state index >= 15 is 0 Å². The third kappa shape index (κ3) is 4.91. The van der Waals surface area contributed by atoms with Gasteiger partial charge in [0.15, 0.2) is 0 Å². The lowest BCUT2D eigenvalue weighted by molar-refractivity contribution is -0.385. The van der Waals surface area contributed by atoms with Crippen molar-refractivity contribution < 1.29 is 4.92 Å². The van der Waals surface area contributed by atoms with E-state index in [2.05, 4.69) is 16.6 Å².